The molecule has 0 aromatic rings. The molecule has 0 radical (unpaired) electrons. The van der Waals surface area contributed by atoms with Crippen molar-refractivity contribution >= 4 is 5.78 Å². The van der Waals surface area contributed by atoms with Gasteiger partial charge in [0, 0.05) is 12.8 Å². The van der Waals surface area contributed by atoms with E-state index in [-0.39, 0.29) is 10.8 Å². The highest BCUT2D eigenvalue weighted by Crippen LogP contribution is 2.46. The lowest BCUT2D eigenvalue weighted by Gasteiger charge is -2.42. The summed E-state index contributed by atoms with van der Waals surface area (Å²) >= 11 is 0. The lowest BCUT2D eigenvalue weighted by molar-refractivity contribution is -0.125. The predicted octanol–water partition coefficient (Wildman–Crippen LogP) is 4.83. The van der Waals surface area contributed by atoms with Crippen LogP contribution in [0.1, 0.15) is 45.6 Å². The number of hydrogen-bond donors (Lipinski definition) is 0. The van der Waals surface area contributed by atoms with Crippen LogP contribution >= 0.6 is 0 Å². The van der Waals surface area contributed by atoms with Gasteiger partial charge in [-0.05, 0) is 33.9 Å². The van der Waals surface area contributed by atoms with E-state index in [1.54, 1.807) is 0 Å². The summed E-state index contributed by atoms with van der Waals surface area (Å²) in [6.45, 7) is 6.66. The Hall–Kier alpha value is -1.63. The van der Waals surface area contributed by atoms with Crippen LogP contribution in [0.5, 0.6) is 0 Å². The van der Waals surface area contributed by atoms with E-state index in [1.807, 2.05) is 0 Å². The molecule has 1 fully saturated rings. The van der Waals surface area contributed by atoms with Gasteiger partial charge in [-0.3, -0.25) is 4.79 Å². The van der Waals surface area contributed by atoms with Crippen molar-refractivity contribution in [1.82, 2.24) is 0 Å². The number of carbonyl (C=O) groups is 1. The molecule has 1 saturated carbocycles. The van der Waals surface area contributed by atoms with E-state index >= 15 is 0 Å². The Labute approximate surface area is 121 Å². The minimum absolute atomic E-state index is 0.0324. The molecule has 1 nitrogen and oxygen atoms in total. The number of ketones is 1. The van der Waals surface area contributed by atoms with E-state index in [2.05, 4.69) is 63.2 Å². The van der Waals surface area contributed by atoms with Gasteiger partial charge in [0.15, 0.2) is 0 Å². The van der Waals surface area contributed by atoms with Crippen molar-refractivity contribution in [2.75, 3.05) is 0 Å². The molecule has 3 aliphatic rings. The molecule has 104 valence electrons. The van der Waals surface area contributed by atoms with Gasteiger partial charge in [0.05, 0.1) is 0 Å². The molecule has 0 amide bonds. The first-order valence-electron chi connectivity index (χ1n) is 7.39. The molecular weight excluding hydrogens is 244 g/mol. The number of carbonyl (C=O) groups excluding carboxylic acids is 1. The molecule has 3 aliphatic carbocycles. The first-order valence-corrected chi connectivity index (χ1v) is 7.39. The third-order valence-corrected chi connectivity index (χ3v) is 4.60. The Kier molecular flexibility index (Phi) is 2.97. The Balaban J connectivity index is 2.04. The van der Waals surface area contributed by atoms with Crippen LogP contribution in [0.4, 0.5) is 0 Å². The van der Waals surface area contributed by atoms with Crippen LogP contribution in [0.2, 0.25) is 0 Å². The molecule has 20 heavy (non-hydrogen) atoms. The fourth-order valence-corrected chi connectivity index (χ4v) is 3.99. The average molecular weight is 266 g/mol. The van der Waals surface area contributed by atoms with Crippen molar-refractivity contribution in [2.24, 2.45) is 5.41 Å². The van der Waals surface area contributed by atoms with Gasteiger partial charge in [0.2, 0.25) is 0 Å². The summed E-state index contributed by atoms with van der Waals surface area (Å²) in [6, 6.07) is 15.1. The number of fused-ring (bicyclic) bond motifs is 1. The first-order chi connectivity index (χ1) is 9.38. The number of hydrogen-bond acceptors (Lipinski definition) is 1. The summed E-state index contributed by atoms with van der Waals surface area (Å²) in [5.41, 5.74) is 3.89. The zero-order valence-corrected chi connectivity index (χ0v) is 12.6. The van der Waals surface area contributed by atoms with E-state index in [4.69, 9.17) is 0 Å². The van der Waals surface area contributed by atoms with E-state index in [9.17, 15) is 4.79 Å². The Bertz CT molecular complexity index is 595. The van der Waals surface area contributed by atoms with Crippen LogP contribution in [0.25, 0.3) is 11.1 Å². The number of Topliss-reactive ketones (excluding diaryl/α,β-unsaturated/α-hetero) is 1. The smallest absolute Gasteiger partial charge is 0.134 e. The van der Waals surface area contributed by atoms with Crippen molar-refractivity contribution < 1.29 is 4.79 Å². The maximum atomic E-state index is 12.1. The Morgan fingerprint density at radius 2 is 1.45 bits per heavy atom. The zero-order chi connectivity index (χ0) is 14.4. The minimum atomic E-state index is -0.0324. The molecule has 1 atom stereocenters. The van der Waals surface area contributed by atoms with Crippen LogP contribution in [-0.4, -0.2) is 5.78 Å². The van der Waals surface area contributed by atoms with Crippen molar-refractivity contribution in [3.05, 3.63) is 48.0 Å². The molecular formula is C19H22O. The van der Waals surface area contributed by atoms with Gasteiger partial charge in [-0.1, -0.05) is 63.2 Å². The fourth-order valence-electron chi connectivity index (χ4n) is 3.99. The SMILES string of the molecule is CC1(C)CC(=O)CC(C)(c2ccc3cccc-3cc2)C1. The molecule has 0 N–H and O–H groups in total. The molecule has 1 unspecified atom stereocenters. The van der Waals surface area contributed by atoms with Crippen molar-refractivity contribution in [3.63, 3.8) is 0 Å². The second-order valence-electron chi connectivity index (χ2n) is 7.35. The molecule has 0 heterocycles. The van der Waals surface area contributed by atoms with Gasteiger partial charge in [-0.15, -0.1) is 0 Å². The van der Waals surface area contributed by atoms with Gasteiger partial charge in [-0.2, -0.15) is 0 Å². The highest BCUT2D eigenvalue weighted by molar-refractivity contribution is 5.81. The highest BCUT2D eigenvalue weighted by Gasteiger charge is 2.41. The standard InChI is InChI=1S/C19H22O/c1-18(2)11-17(20)12-19(3,13-18)16-9-7-14-5-4-6-15(14)8-10-16/h4-10H,11-13H2,1-3H3. The zero-order valence-electron chi connectivity index (χ0n) is 12.6. The van der Waals surface area contributed by atoms with E-state index in [0.717, 1.165) is 6.42 Å². The Morgan fingerprint density at radius 3 is 2.00 bits per heavy atom. The molecule has 0 aliphatic heterocycles. The quantitative estimate of drug-likeness (QED) is 0.722. The predicted molar refractivity (Wildman–Crippen MR) is 83.1 cm³/mol. The summed E-state index contributed by atoms with van der Waals surface area (Å²) in [6.07, 6.45) is 2.46. The second kappa shape index (κ2) is 4.44. The van der Waals surface area contributed by atoms with Crippen LogP contribution in [-0.2, 0) is 10.2 Å². The Morgan fingerprint density at radius 1 is 0.850 bits per heavy atom. The summed E-state index contributed by atoms with van der Waals surface area (Å²) in [7, 11) is 0. The first kappa shape index (κ1) is 13.4. The third kappa shape index (κ3) is 2.37. The van der Waals surface area contributed by atoms with Crippen molar-refractivity contribution in [3.8, 4) is 11.1 Å². The van der Waals surface area contributed by atoms with E-state index in [0.29, 0.717) is 18.6 Å². The van der Waals surface area contributed by atoms with Crippen LogP contribution in [0, 0.1) is 5.41 Å². The lowest BCUT2D eigenvalue weighted by atomic mass is 9.61. The molecule has 1 heteroatoms. The van der Waals surface area contributed by atoms with Gasteiger partial charge < -0.3 is 0 Å². The topological polar surface area (TPSA) is 17.1 Å². The maximum Gasteiger partial charge on any atom is 0.134 e. The molecule has 0 aromatic heterocycles. The summed E-state index contributed by atoms with van der Waals surface area (Å²) in [5.74, 6) is 0.397. The normalized spacial score (nSPS) is 25.9. The third-order valence-electron chi connectivity index (χ3n) is 4.60. The molecule has 0 aromatic carbocycles. The second-order valence-corrected chi connectivity index (χ2v) is 7.35. The van der Waals surface area contributed by atoms with Crippen molar-refractivity contribution in [1.29, 1.82) is 0 Å². The molecule has 0 bridgehead atoms. The lowest BCUT2D eigenvalue weighted by Crippen LogP contribution is -2.38. The monoisotopic (exact) mass is 266 g/mol. The largest absolute Gasteiger partial charge is 0.300 e. The van der Waals surface area contributed by atoms with Crippen molar-refractivity contribution in [2.45, 2.75) is 45.4 Å². The highest BCUT2D eigenvalue weighted by atomic mass is 16.1. The summed E-state index contributed by atoms with van der Waals surface area (Å²) in [4.78, 5) is 12.1. The van der Waals surface area contributed by atoms with Gasteiger partial charge in [-0.25, -0.2) is 0 Å². The fraction of sp³-hybridized carbons (Fsp3) is 0.421. The summed E-state index contributed by atoms with van der Waals surface area (Å²) in [5, 5.41) is 0. The maximum absolute atomic E-state index is 12.1. The van der Waals surface area contributed by atoms with Crippen LogP contribution < -0.4 is 0 Å². The number of rotatable bonds is 1. The molecule has 0 spiro atoms. The minimum Gasteiger partial charge on any atom is -0.300 e. The van der Waals surface area contributed by atoms with Crippen LogP contribution in [0.15, 0.2) is 42.5 Å². The van der Waals surface area contributed by atoms with Crippen LogP contribution in [0.3, 0.4) is 0 Å². The molecule has 0 saturated heterocycles. The average Bonchev–Trinajstić information content (AvgIpc) is 2.64. The molecule has 3 rings (SSSR count). The van der Waals surface area contributed by atoms with Gasteiger partial charge in [0.25, 0.3) is 0 Å². The summed E-state index contributed by atoms with van der Waals surface area (Å²) < 4.78 is 0. The van der Waals surface area contributed by atoms with Gasteiger partial charge in [0.1, 0.15) is 5.78 Å². The van der Waals surface area contributed by atoms with Gasteiger partial charge >= 0.3 is 0 Å². The van der Waals surface area contributed by atoms with E-state index in [1.165, 1.54) is 16.7 Å². The van der Waals surface area contributed by atoms with E-state index < -0.39 is 0 Å².